The monoisotopic (exact) mass is 341 g/mol. The number of amides is 1. The van der Waals surface area contributed by atoms with Crippen LogP contribution in [0.4, 0.5) is 0 Å². The summed E-state index contributed by atoms with van der Waals surface area (Å²) in [4.78, 5) is 14.0. The Bertz CT molecular complexity index is 583. The molecule has 7 heteroatoms. The highest BCUT2D eigenvalue weighted by atomic mass is 32.2. The number of hydrogen-bond donors (Lipinski definition) is 2. The van der Waals surface area contributed by atoms with E-state index < -0.39 is 10.0 Å². The van der Waals surface area contributed by atoms with Crippen molar-refractivity contribution >= 4 is 15.9 Å². The molecular weight excluding hydrogens is 314 g/mol. The van der Waals surface area contributed by atoms with Crippen LogP contribution in [0.5, 0.6) is 0 Å². The van der Waals surface area contributed by atoms with E-state index in [-0.39, 0.29) is 10.8 Å². The summed E-state index contributed by atoms with van der Waals surface area (Å²) in [6.45, 7) is 3.71. The zero-order valence-corrected chi connectivity index (χ0v) is 14.9. The SMILES string of the molecule is CCCCCNC(=O)c1ccc(S(=O)(=O)NCCN(C)C)cc1. The molecule has 0 unspecified atom stereocenters. The van der Waals surface area contributed by atoms with Gasteiger partial charge in [0, 0.05) is 25.2 Å². The minimum atomic E-state index is -3.53. The molecule has 1 aromatic carbocycles. The molecular formula is C16H27N3O3S. The van der Waals surface area contributed by atoms with Gasteiger partial charge in [-0.05, 0) is 44.8 Å². The molecule has 0 radical (unpaired) electrons. The molecule has 0 atom stereocenters. The van der Waals surface area contributed by atoms with Gasteiger partial charge in [0.25, 0.3) is 5.91 Å². The molecule has 0 saturated heterocycles. The molecule has 6 nitrogen and oxygen atoms in total. The summed E-state index contributed by atoms with van der Waals surface area (Å²) in [7, 11) is 0.223. The number of sulfonamides is 1. The molecule has 1 amide bonds. The summed E-state index contributed by atoms with van der Waals surface area (Å²) >= 11 is 0. The van der Waals surface area contributed by atoms with Crippen molar-refractivity contribution in [3.05, 3.63) is 29.8 Å². The van der Waals surface area contributed by atoms with Crippen LogP contribution in [0.2, 0.25) is 0 Å². The van der Waals surface area contributed by atoms with E-state index in [4.69, 9.17) is 0 Å². The fraction of sp³-hybridized carbons (Fsp3) is 0.562. The lowest BCUT2D eigenvalue weighted by Gasteiger charge is -2.11. The molecule has 0 saturated carbocycles. The van der Waals surface area contributed by atoms with Crippen LogP contribution in [0.1, 0.15) is 36.5 Å². The Hall–Kier alpha value is -1.44. The first-order valence-corrected chi connectivity index (χ1v) is 9.38. The molecule has 0 aliphatic heterocycles. The highest BCUT2D eigenvalue weighted by Crippen LogP contribution is 2.10. The quantitative estimate of drug-likeness (QED) is 0.631. The zero-order valence-electron chi connectivity index (χ0n) is 14.1. The molecule has 23 heavy (non-hydrogen) atoms. The highest BCUT2D eigenvalue weighted by Gasteiger charge is 2.14. The first kappa shape index (κ1) is 19.6. The van der Waals surface area contributed by atoms with Gasteiger partial charge in [-0.2, -0.15) is 0 Å². The van der Waals surface area contributed by atoms with E-state index in [2.05, 4.69) is 17.0 Å². The minimum Gasteiger partial charge on any atom is -0.352 e. The number of carbonyl (C=O) groups excluding carboxylic acids is 1. The molecule has 1 aromatic rings. The van der Waals surface area contributed by atoms with Gasteiger partial charge in [-0.3, -0.25) is 4.79 Å². The van der Waals surface area contributed by atoms with E-state index in [1.165, 1.54) is 24.3 Å². The molecule has 0 heterocycles. The number of nitrogens with one attached hydrogen (secondary N) is 2. The van der Waals surface area contributed by atoms with Crippen LogP contribution < -0.4 is 10.0 Å². The Morgan fingerprint density at radius 1 is 1.09 bits per heavy atom. The first-order valence-electron chi connectivity index (χ1n) is 7.89. The minimum absolute atomic E-state index is 0.166. The van der Waals surface area contributed by atoms with Gasteiger partial charge < -0.3 is 10.2 Å². The number of likely N-dealkylation sites (N-methyl/N-ethyl adjacent to an activating group) is 1. The molecule has 0 spiro atoms. The van der Waals surface area contributed by atoms with Crippen molar-refractivity contribution in [3.8, 4) is 0 Å². The van der Waals surface area contributed by atoms with E-state index in [1.807, 2.05) is 19.0 Å². The van der Waals surface area contributed by atoms with Crippen molar-refractivity contribution in [2.24, 2.45) is 0 Å². The Morgan fingerprint density at radius 2 is 1.74 bits per heavy atom. The fourth-order valence-corrected chi connectivity index (χ4v) is 2.97. The lowest BCUT2D eigenvalue weighted by Crippen LogP contribution is -2.31. The second kappa shape index (κ2) is 9.64. The molecule has 1 rings (SSSR count). The predicted molar refractivity (Wildman–Crippen MR) is 92.0 cm³/mol. The van der Waals surface area contributed by atoms with Crippen molar-refractivity contribution in [2.45, 2.75) is 31.1 Å². The first-order chi connectivity index (χ1) is 10.9. The Kier molecular flexibility index (Phi) is 8.22. The standard InChI is InChI=1S/C16H27N3O3S/c1-4-5-6-11-17-16(20)14-7-9-15(10-8-14)23(21,22)18-12-13-19(2)3/h7-10,18H,4-6,11-13H2,1-3H3,(H,17,20). The maximum atomic E-state index is 12.1. The molecule has 2 N–H and O–H groups in total. The van der Waals surface area contributed by atoms with Crippen LogP contribution in [0.15, 0.2) is 29.2 Å². The zero-order chi connectivity index (χ0) is 17.3. The summed E-state index contributed by atoms with van der Waals surface area (Å²) in [6.07, 6.45) is 3.13. The van der Waals surface area contributed by atoms with E-state index >= 15 is 0 Å². The van der Waals surface area contributed by atoms with Crippen LogP contribution in [0.3, 0.4) is 0 Å². The van der Waals surface area contributed by atoms with E-state index in [0.717, 1.165) is 19.3 Å². The average molecular weight is 341 g/mol. The van der Waals surface area contributed by atoms with Gasteiger partial charge in [0.2, 0.25) is 10.0 Å². The lowest BCUT2D eigenvalue weighted by atomic mass is 10.2. The average Bonchev–Trinajstić information content (AvgIpc) is 2.51. The summed E-state index contributed by atoms with van der Waals surface area (Å²) in [5.74, 6) is -0.175. The Balaban J connectivity index is 2.59. The summed E-state index contributed by atoms with van der Waals surface area (Å²) in [6, 6.07) is 5.99. The van der Waals surface area contributed by atoms with Crippen LogP contribution in [-0.4, -0.2) is 53.0 Å². The van der Waals surface area contributed by atoms with Gasteiger partial charge in [0.05, 0.1) is 4.90 Å². The third kappa shape index (κ3) is 7.11. The molecule has 0 aromatic heterocycles. The van der Waals surface area contributed by atoms with Crippen molar-refractivity contribution < 1.29 is 13.2 Å². The normalized spacial score (nSPS) is 11.7. The fourth-order valence-electron chi connectivity index (χ4n) is 1.95. The predicted octanol–water partition coefficient (Wildman–Crippen LogP) is 1.45. The molecule has 0 aliphatic rings. The maximum Gasteiger partial charge on any atom is 0.251 e. The largest absolute Gasteiger partial charge is 0.352 e. The second-order valence-electron chi connectivity index (χ2n) is 5.69. The number of rotatable bonds is 10. The van der Waals surface area contributed by atoms with E-state index in [0.29, 0.717) is 25.2 Å². The molecule has 0 aliphatic carbocycles. The summed E-state index contributed by atoms with van der Waals surface area (Å²) < 4.78 is 26.8. The molecule has 130 valence electrons. The van der Waals surface area contributed by atoms with Crippen LogP contribution in [0, 0.1) is 0 Å². The van der Waals surface area contributed by atoms with Gasteiger partial charge in [-0.25, -0.2) is 13.1 Å². The Morgan fingerprint density at radius 3 is 2.30 bits per heavy atom. The smallest absolute Gasteiger partial charge is 0.251 e. The van der Waals surface area contributed by atoms with Crippen molar-refractivity contribution in [2.75, 3.05) is 33.7 Å². The molecule has 0 fully saturated rings. The maximum absolute atomic E-state index is 12.1. The number of benzene rings is 1. The summed E-state index contributed by atoms with van der Waals surface area (Å²) in [5, 5.41) is 2.83. The number of hydrogen-bond acceptors (Lipinski definition) is 4. The van der Waals surface area contributed by atoms with Gasteiger partial charge in [0.1, 0.15) is 0 Å². The van der Waals surface area contributed by atoms with Gasteiger partial charge in [-0.15, -0.1) is 0 Å². The topological polar surface area (TPSA) is 78.5 Å². The number of unbranched alkanes of at least 4 members (excludes halogenated alkanes) is 2. The van der Waals surface area contributed by atoms with E-state index in [9.17, 15) is 13.2 Å². The summed E-state index contributed by atoms with van der Waals surface area (Å²) in [5.41, 5.74) is 0.466. The van der Waals surface area contributed by atoms with Crippen LogP contribution in [-0.2, 0) is 10.0 Å². The number of carbonyl (C=O) groups is 1. The van der Waals surface area contributed by atoms with Gasteiger partial charge >= 0.3 is 0 Å². The third-order valence-electron chi connectivity index (χ3n) is 3.34. The van der Waals surface area contributed by atoms with Crippen molar-refractivity contribution in [1.29, 1.82) is 0 Å². The van der Waals surface area contributed by atoms with Crippen LogP contribution in [0.25, 0.3) is 0 Å². The third-order valence-corrected chi connectivity index (χ3v) is 4.82. The second-order valence-corrected chi connectivity index (χ2v) is 7.46. The van der Waals surface area contributed by atoms with Gasteiger partial charge in [-0.1, -0.05) is 19.8 Å². The van der Waals surface area contributed by atoms with Gasteiger partial charge in [0.15, 0.2) is 0 Å². The molecule has 0 bridgehead atoms. The lowest BCUT2D eigenvalue weighted by molar-refractivity contribution is 0.0953. The number of nitrogens with zero attached hydrogens (tertiary/aromatic N) is 1. The van der Waals surface area contributed by atoms with E-state index in [1.54, 1.807) is 0 Å². The highest BCUT2D eigenvalue weighted by molar-refractivity contribution is 7.89. The van der Waals surface area contributed by atoms with Crippen molar-refractivity contribution in [1.82, 2.24) is 14.9 Å². The Labute approximate surface area is 139 Å². The van der Waals surface area contributed by atoms with Crippen LogP contribution >= 0.6 is 0 Å². The van der Waals surface area contributed by atoms with Crippen molar-refractivity contribution in [3.63, 3.8) is 0 Å².